The van der Waals surface area contributed by atoms with E-state index >= 15 is 0 Å². The van der Waals surface area contributed by atoms with Crippen molar-refractivity contribution < 1.29 is 23.1 Å². The second kappa shape index (κ2) is 9.54. The van der Waals surface area contributed by atoms with Gasteiger partial charge in [-0.25, -0.2) is 13.8 Å². The van der Waals surface area contributed by atoms with Crippen LogP contribution >= 0.6 is 11.6 Å². The Kier molecular flexibility index (Phi) is 6.46. The maximum atomic E-state index is 14.4. The zero-order valence-electron chi connectivity index (χ0n) is 19.0. The molecule has 2 N–H and O–H groups in total. The third-order valence-electron chi connectivity index (χ3n) is 7.04. The van der Waals surface area contributed by atoms with Gasteiger partial charge in [0.25, 0.3) is 5.91 Å². The predicted octanol–water partition coefficient (Wildman–Crippen LogP) is 3.86. The van der Waals surface area contributed by atoms with Crippen molar-refractivity contribution >= 4 is 34.4 Å². The summed E-state index contributed by atoms with van der Waals surface area (Å²) in [7, 11) is 0. The van der Waals surface area contributed by atoms with Gasteiger partial charge in [0.05, 0.1) is 11.6 Å². The van der Waals surface area contributed by atoms with Crippen LogP contribution in [0, 0.1) is 17.0 Å². The molecular formula is C25H25ClF2N4O3. The molecule has 4 heterocycles. The molecule has 1 atom stereocenters. The molecule has 2 fully saturated rings. The number of halogens is 3. The number of amides is 2. The van der Waals surface area contributed by atoms with E-state index in [4.69, 9.17) is 16.3 Å². The smallest absolute Gasteiger partial charge is 0.268 e. The van der Waals surface area contributed by atoms with Crippen LogP contribution in [0.1, 0.15) is 35.3 Å². The summed E-state index contributed by atoms with van der Waals surface area (Å²) < 4.78 is 33.4. The first-order valence-corrected chi connectivity index (χ1v) is 12.0. The summed E-state index contributed by atoms with van der Waals surface area (Å²) in [6, 6.07) is 5.45. The lowest BCUT2D eigenvalue weighted by Gasteiger charge is -2.39. The molecule has 1 spiro atoms. The number of nitrogens with zero attached hydrogens (tertiary/aromatic N) is 2. The van der Waals surface area contributed by atoms with E-state index in [1.165, 1.54) is 12.3 Å². The number of aromatic amines is 1. The minimum absolute atomic E-state index is 0.105. The first kappa shape index (κ1) is 23.7. The number of piperidine rings is 1. The molecular weight excluding hydrogens is 478 g/mol. The zero-order chi connectivity index (χ0) is 24.6. The molecule has 2 aliphatic rings. The quantitative estimate of drug-likeness (QED) is 0.554. The number of likely N-dealkylation sites (tertiary alicyclic amines) is 1. The molecule has 3 aromatic rings. The summed E-state index contributed by atoms with van der Waals surface area (Å²) in [5, 5.41) is 3.83. The summed E-state index contributed by atoms with van der Waals surface area (Å²) in [6.07, 6.45) is 3.97. The number of H-pyrrole nitrogens is 1. The van der Waals surface area contributed by atoms with Gasteiger partial charge in [0.2, 0.25) is 5.91 Å². The van der Waals surface area contributed by atoms with Gasteiger partial charge in [-0.3, -0.25) is 9.59 Å². The lowest BCUT2D eigenvalue weighted by atomic mass is 9.78. The lowest BCUT2D eigenvalue weighted by Crippen LogP contribution is -2.53. The second-order valence-corrected chi connectivity index (χ2v) is 9.80. The van der Waals surface area contributed by atoms with Crippen LogP contribution in [0.2, 0.25) is 5.02 Å². The third-order valence-corrected chi connectivity index (χ3v) is 7.25. The predicted molar refractivity (Wildman–Crippen MR) is 126 cm³/mol. The molecule has 2 amide bonds. The van der Waals surface area contributed by atoms with Gasteiger partial charge in [-0.2, -0.15) is 0 Å². The number of hydrogen-bond donors (Lipinski definition) is 2. The van der Waals surface area contributed by atoms with Crippen molar-refractivity contribution in [2.75, 3.05) is 26.3 Å². The standard InChI is InChI=1S/C25H25ClF2N4O3/c26-17-9-16-11-20(30-22(16)29-13-17)23(33)31-21(10-15-1-2-18(27)12-19(15)28)24(34)32-6-3-25(4-7-32)5-8-35-14-25/h1-2,9,11-13,21H,3-8,10,14H2,(H,29,30)(H,31,33)/t21-/m0/s1. The van der Waals surface area contributed by atoms with E-state index in [-0.39, 0.29) is 29.0 Å². The van der Waals surface area contributed by atoms with Gasteiger partial charge >= 0.3 is 0 Å². The van der Waals surface area contributed by atoms with Crippen LogP contribution in [-0.2, 0) is 16.0 Å². The van der Waals surface area contributed by atoms with Crippen molar-refractivity contribution in [3.63, 3.8) is 0 Å². The number of ether oxygens (including phenoxy) is 1. The highest BCUT2D eigenvalue weighted by atomic mass is 35.5. The van der Waals surface area contributed by atoms with Gasteiger partial charge in [-0.1, -0.05) is 17.7 Å². The Morgan fingerprint density at radius 1 is 1.20 bits per heavy atom. The minimum atomic E-state index is -1.03. The summed E-state index contributed by atoms with van der Waals surface area (Å²) in [4.78, 5) is 35.4. The highest BCUT2D eigenvalue weighted by Gasteiger charge is 2.40. The maximum absolute atomic E-state index is 14.4. The van der Waals surface area contributed by atoms with Crippen molar-refractivity contribution in [3.05, 3.63) is 64.4 Å². The van der Waals surface area contributed by atoms with Crippen molar-refractivity contribution in [2.45, 2.75) is 31.7 Å². The second-order valence-electron chi connectivity index (χ2n) is 9.37. The lowest BCUT2D eigenvalue weighted by molar-refractivity contribution is -0.135. The van der Waals surface area contributed by atoms with Gasteiger partial charge in [-0.15, -0.1) is 0 Å². The van der Waals surface area contributed by atoms with Crippen LogP contribution in [0.25, 0.3) is 11.0 Å². The van der Waals surface area contributed by atoms with Crippen molar-refractivity contribution in [2.24, 2.45) is 5.41 Å². The molecule has 184 valence electrons. The van der Waals surface area contributed by atoms with Crippen molar-refractivity contribution in [3.8, 4) is 0 Å². The first-order chi connectivity index (χ1) is 16.8. The topological polar surface area (TPSA) is 87.3 Å². The fourth-order valence-corrected chi connectivity index (χ4v) is 5.09. The van der Waals surface area contributed by atoms with Crippen LogP contribution in [0.3, 0.4) is 0 Å². The fourth-order valence-electron chi connectivity index (χ4n) is 4.92. The van der Waals surface area contributed by atoms with Crippen LogP contribution in [0.15, 0.2) is 36.5 Å². The molecule has 2 saturated heterocycles. The third kappa shape index (κ3) is 5.01. The monoisotopic (exact) mass is 502 g/mol. The molecule has 0 unspecified atom stereocenters. The fraction of sp³-hybridized carbons (Fsp3) is 0.400. The number of pyridine rings is 1. The molecule has 0 radical (unpaired) electrons. The van der Waals surface area contributed by atoms with E-state index in [0.717, 1.165) is 38.0 Å². The van der Waals surface area contributed by atoms with E-state index in [2.05, 4.69) is 15.3 Å². The normalized spacial score (nSPS) is 18.2. The van der Waals surface area contributed by atoms with Gasteiger partial charge in [-0.05, 0) is 48.4 Å². The molecule has 0 aliphatic carbocycles. The Bertz CT molecular complexity index is 1260. The zero-order valence-corrected chi connectivity index (χ0v) is 19.7. The van der Waals surface area contributed by atoms with E-state index < -0.39 is 23.6 Å². The summed E-state index contributed by atoms with van der Waals surface area (Å²) >= 11 is 5.98. The van der Waals surface area contributed by atoms with E-state index in [9.17, 15) is 18.4 Å². The van der Waals surface area contributed by atoms with Crippen molar-refractivity contribution in [1.29, 1.82) is 0 Å². The summed E-state index contributed by atoms with van der Waals surface area (Å²) in [5.74, 6) is -2.30. The number of nitrogens with one attached hydrogen (secondary N) is 2. The molecule has 2 aliphatic heterocycles. The molecule has 5 rings (SSSR count). The van der Waals surface area contributed by atoms with Crippen LogP contribution in [0.5, 0.6) is 0 Å². The molecule has 1 aromatic carbocycles. The van der Waals surface area contributed by atoms with Gasteiger partial charge in [0.1, 0.15) is 29.0 Å². The Hall–Kier alpha value is -3.04. The average Bonchev–Trinajstić information content (AvgIpc) is 3.47. The number of aromatic nitrogens is 2. The highest BCUT2D eigenvalue weighted by Crippen LogP contribution is 2.39. The first-order valence-electron chi connectivity index (χ1n) is 11.6. The molecule has 35 heavy (non-hydrogen) atoms. The van der Waals surface area contributed by atoms with Crippen LogP contribution < -0.4 is 5.32 Å². The average molecular weight is 503 g/mol. The van der Waals surface area contributed by atoms with E-state index in [1.807, 2.05) is 0 Å². The number of carbonyl (C=O) groups is 2. The minimum Gasteiger partial charge on any atom is -0.381 e. The Morgan fingerprint density at radius 3 is 2.71 bits per heavy atom. The van der Waals surface area contributed by atoms with Gasteiger partial charge in [0.15, 0.2) is 0 Å². The molecule has 2 aromatic heterocycles. The molecule has 0 saturated carbocycles. The Labute approximate surface area is 205 Å². The van der Waals surface area contributed by atoms with Crippen molar-refractivity contribution in [1.82, 2.24) is 20.2 Å². The highest BCUT2D eigenvalue weighted by molar-refractivity contribution is 6.31. The van der Waals surface area contributed by atoms with E-state index in [1.54, 1.807) is 17.0 Å². The van der Waals surface area contributed by atoms with Crippen LogP contribution in [0.4, 0.5) is 8.78 Å². The molecule has 10 heteroatoms. The number of rotatable bonds is 5. The number of hydrogen-bond acceptors (Lipinski definition) is 4. The number of fused-ring (bicyclic) bond motifs is 1. The molecule has 7 nitrogen and oxygen atoms in total. The Morgan fingerprint density at radius 2 is 2.00 bits per heavy atom. The molecule has 0 bridgehead atoms. The number of carbonyl (C=O) groups excluding carboxylic acids is 2. The maximum Gasteiger partial charge on any atom is 0.268 e. The van der Waals surface area contributed by atoms with Gasteiger partial charge in [0, 0.05) is 43.8 Å². The van der Waals surface area contributed by atoms with Gasteiger partial charge < -0.3 is 19.9 Å². The largest absolute Gasteiger partial charge is 0.381 e. The van der Waals surface area contributed by atoms with Crippen LogP contribution in [-0.4, -0.2) is 59.0 Å². The Balaban J connectivity index is 1.36. The summed E-state index contributed by atoms with van der Waals surface area (Å²) in [5.41, 5.74) is 0.935. The summed E-state index contributed by atoms with van der Waals surface area (Å²) in [6.45, 7) is 2.51. The SMILES string of the molecule is O=C(N[C@@H](Cc1ccc(F)cc1F)C(=O)N1CCC2(CCOC2)CC1)c1cc2cc(Cl)cnc2[nH]1. The van der Waals surface area contributed by atoms with E-state index in [0.29, 0.717) is 35.8 Å². The number of benzene rings is 1.